The summed E-state index contributed by atoms with van der Waals surface area (Å²) in [5.41, 5.74) is 4.78. The van der Waals surface area contributed by atoms with Crippen LogP contribution in [0.25, 0.3) is 12.2 Å². The minimum Gasteiger partial charge on any atom is -0.465 e. The molecule has 2 aromatic rings. The molecule has 0 aliphatic rings. The summed E-state index contributed by atoms with van der Waals surface area (Å²) in [6, 6.07) is 3.66. The van der Waals surface area contributed by atoms with Gasteiger partial charge in [0.1, 0.15) is 5.00 Å². The molecule has 0 saturated carbocycles. The van der Waals surface area contributed by atoms with Crippen molar-refractivity contribution in [2.45, 2.75) is 6.92 Å². The van der Waals surface area contributed by atoms with E-state index < -0.39 is 12.2 Å². The molecule has 26 heavy (non-hydrogen) atoms. The van der Waals surface area contributed by atoms with Gasteiger partial charge in [0.2, 0.25) is 5.91 Å². The van der Waals surface area contributed by atoms with Gasteiger partial charge >= 0.3 is 12.2 Å². The number of nitrogens with two attached hydrogens (primary N) is 1. The van der Waals surface area contributed by atoms with E-state index in [0.717, 1.165) is 16.9 Å². The van der Waals surface area contributed by atoms with Gasteiger partial charge in [-0.1, -0.05) is 0 Å². The van der Waals surface area contributed by atoms with Crippen LogP contribution in [0.1, 0.15) is 17.5 Å². The van der Waals surface area contributed by atoms with E-state index in [9.17, 15) is 9.59 Å². The molecule has 0 bridgehead atoms. The average molecular weight is 397 g/mol. The van der Waals surface area contributed by atoms with E-state index in [1.54, 1.807) is 6.07 Å². The van der Waals surface area contributed by atoms with Gasteiger partial charge in [0.05, 0.1) is 12.0 Å². The van der Waals surface area contributed by atoms with E-state index in [2.05, 4.69) is 21.0 Å². The van der Waals surface area contributed by atoms with E-state index in [-0.39, 0.29) is 5.91 Å². The Hall–Kier alpha value is -3.25. The summed E-state index contributed by atoms with van der Waals surface area (Å²) in [6.07, 6.45) is 2.35. The lowest BCUT2D eigenvalue weighted by Crippen LogP contribution is -2.17. The molecule has 0 aromatic carbocycles. The Morgan fingerprint density at radius 1 is 1.27 bits per heavy atom. The van der Waals surface area contributed by atoms with Gasteiger partial charge in [-0.25, -0.2) is 19.6 Å². The van der Waals surface area contributed by atoms with Crippen molar-refractivity contribution in [3.05, 3.63) is 28.1 Å². The molecular formula is C14H15N5O5S2. The molecule has 0 aliphatic heterocycles. The van der Waals surface area contributed by atoms with Crippen molar-refractivity contribution >= 4 is 69.4 Å². The van der Waals surface area contributed by atoms with Crippen LogP contribution in [0.4, 0.5) is 19.7 Å². The normalized spacial score (nSPS) is 10.3. The zero-order chi connectivity index (χ0) is 19.5. The molecule has 2 heterocycles. The third kappa shape index (κ3) is 9.14. The number of primary amides is 1. The predicted octanol–water partition coefficient (Wildman–Crippen LogP) is 2.88. The molecule has 0 fully saturated rings. The Bertz CT molecular complexity index is 823. The first-order valence-electron chi connectivity index (χ1n) is 6.77. The highest BCUT2D eigenvalue weighted by molar-refractivity contribution is 7.16. The zero-order valence-corrected chi connectivity index (χ0v) is 15.0. The zero-order valence-electron chi connectivity index (χ0n) is 13.4. The molecule has 0 saturated heterocycles. The summed E-state index contributed by atoms with van der Waals surface area (Å²) in [7, 11) is 0. The topological polar surface area (TPSA) is 167 Å². The maximum Gasteiger partial charge on any atom is 0.409 e. The number of amides is 3. The first kappa shape index (κ1) is 20.8. The first-order chi connectivity index (χ1) is 12.3. The standard InChI is InChI=1S/C13H12N4O3S2.CH3NO2/c1-8(18)16-12-17-9(6-21-12)2-3-10-4-5-11(22-10)14-7-15-13(19)20;2-1(3)4/h2-7H,1H3,(H,14,15)(H,19,20)(H,16,17,18);2H2,(H,3,4). The number of nitrogens with zero attached hydrogens (tertiary/aromatic N) is 2. The number of nitrogens with one attached hydrogen (secondary N) is 2. The molecule has 138 valence electrons. The van der Waals surface area contributed by atoms with E-state index in [1.165, 1.54) is 29.6 Å². The number of aliphatic imine (C=N–C) groups is 1. The van der Waals surface area contributed by atoms with Gasteiger partial charge < -0.3 is 21.3 Å². The Morgan fingerprint density at radius 3 is 2.58 bits per heavy atom. The van der Waals surface area contributed by atoms with E-state index >= 15 is 0 Å². The van der Waals surface area contributed by atoms with Crippen LogP contribution in [0.15, 0.2) is 22.5 Å². The molecule has 0 aliphatic carbocycles. The third-order valence-corrected chi connectivity index (χ3v) is 3.95. The van der Waals surface area contributed by atoms with Crippen molar-refractivity contribution < 1.29 is 24.6 Å². The number of thiophene rings is 1. The second kappa shape index (κ2) is 10.6. The lowest BCUT2D eigenvalue weighted by molar-refractivity contribution is -0.114. The molecule has 2 aromatic heterocycles. The number of rotatable bonds is 5. The summed E-state index contributed by atoms with van der Waals surface area (Å²) in [4.78, 5) is 39.1. The fourth-order valence-corrected chi connectivity index (χ4v) is 2.87. The number of aromatic nitrogens is 1. The average Bonchev–Trinajstić information content (AvgIpc) is 3.13. The van der Waals surface area contributed by atoms with Crippen LogP contribution in [0.2, 0.25) is 0 Å². The summed E-state index contributed by atoms with van der Waals surface area (Å²) < 4.78 is 0. The van der Waals surface area contributed by atoms with Gasteiger partial charge in [0.25, 0.3) is 0 Å². The summed E-state index contributed by atoms with van der Waals surface area (Å²) >= 11 is 2.76. The van der Waals surface area contributed by atoms with Crippen molar-refractivity contribution in [3.63, 3.8) is 0 Å². The maximum atomic E-state index is 10.9. The Labute approximate surface area is 155 Å². The van der Waals surface area contributed by atoms with Crippen molar-refractivity contribution in [1.82, 2.24) is 10.3 Å². The number of anilines is 1. The maximum absolute atomic E-state index is 10.9. The van der Waals surface area contributed by atoms with Gasteiger partial charge in [-0.15, -0.1) is 22.7 Å². The van der Waals surface area contributed by atoms with Crippen molar-refractivity contribution in [3.8, 4) is 0 Å². The smallest absolute Gasteiger partial charge is 0.409 e. The second-order valence-corrected chi connectivity index (χ2v) is 6.27. The van der Waals surface area contributed by atoms with E-state index in [1.807, 2.05) is 28.9 Å². The molecular weight excluding hydrogens is 382 g/mol. The number of hydrogen-bond donors (Lipinski definition) is 5. The number of hydrogen-bond acceptors (Lipinski definition) is 7. The monoisotopic (exact) mass is 397 g/mol. The van der Waals surface area contributed by atoms with Crippen LogP contribution >= 0.6 is 22.7 Å². The van der Waals surface area contributed by atoms with Crippen LogP contribution < -0.4 is 16.4 Å². The summed E-state index contributed by atoms with van der Waals surface area (Å²) in [6.45, 7) is 1.43. The minimum absolute atomic E-state index is 0.152. The van der Waals surface area contributed by atoms with Gasteiger partial charge in [0.15, 0.2) is 5.13 Å². The second-order valence-electron chi connectivity index (χ2n) is 4.31. The fourth-order valence-electron chi connectivity index (χ4n) is 1.39. The van der Waals surface area contributed by atoms with Crippen molar-refractivity contribution in [2.75, 3.05) is 5.32 Å². The molecule has 6 N–H and O–H groups in total. The third-order valence-electron chi connectivity index (χ3n) is 2.22. The van der Waals surface area contributed by atoms with Gasteiger partial charge in [-0.05, 0) is 24.3 Å². The van der Waals surface area contributed by atoms with E-state index in [0.29, 0.717) is 10.1 Å². The molecule has 0 radical (unpaired) electrons. The van der Waals surface area contributed by atoms with Gasteiger partial charge in [-0.2, -0.15) is 0 Å². The lowest BCUT2D eigenvalue weighted by Gasteiger charge is -1.92. The lowest BCUT2D eigenvalue weighted by atomic mass is 10.3. The van der Waals surface area contributed by atoms with E-state index in [4.69, 9.17) is 15.0 Å². The molecule has 3 amide bonds. The van der Waals surface area contributed by atoms with Crippen molar-refractivity contribution in [1.29, 1.82) is 0 Å². The highest BCUT2D eigenvalue weighted by Crippen LogP contribution is 2.26. The number of carboxylic acid groups (broad SMARTS) is 2. The SMILES string of the molecule is CC(=O)Nc1nc(C=Cc2ccc(N=CNC(=O)O)s2)cs1.NC(=O)O. The summed E-state index contributed by atoms with van der Waals surface area (Å²) in [5.74, 6) is -0.152. The minimum atomic E-state index is -1.33. The number of thiazole rings is 1. The Balaban J connectivity index is 0.000000765. The van der Waals surface area contributed by atoms with Crippen LogP contribution in [-0.2, 0) is 4.79 Å². The Kier molecular flexibility index (Phi) is 8.46. The van der Waals surface area contributed by atoms with Crippen LogP contribution in [-0.4, -0.2) is 39.6 Å². The first-order valence-corrected chi connectivity index (χ1v) is 8.47. The fraction of sp³-hybridized carbons (Fsp3) is 0.0714. The number of carbonyl (C=O) groups is 3. The van der Waals surface area contributed by atoms with Crippen LogP contribution in [0.5, 0.6) is 0 Å². The Morgan fingerprint density at radius 2 is 1.96 bits per heavy atom. The van der Waals surface area contributed by atoms with Gasteiger partial charge in [-0.3, -0.25) is 10.1 Å². The van der Waals surface area contributed by atoms with Gasteiger partial charge in [0, 0.05) is 17.2 Å². The molecule has 0 atom stereocenters. The molecule has 10 nitrogen and oxygen atoms in total. The van der Waals surface area contributed by atoms with Crippen LogP contribution in [0.3, 0.4) is 0 Å². The van der Waals surface area contributed by atoms with Crippen LogP contribution in [0, 0.1) is 0 Å². The highest BCUT2D eigenvalue weighted by Gasteiger charge is 2.01. The quantitative estimate of drug-likeness (QED) is 0.384. The molecule has 0 spiro atoms. The van der Waals surface area contributed by atoms with Crippen molar-refractivity contribution in [2.24, 2.45) is 10.7 Å². The highest BCUT2D eigenvalue weighted by atomic mass is 32.1. The largest absolute Gasteiger partial charge is 0.465 e. The molecule has 0 unspecified atom stereocenters. The summed E-state index contributed by atoms with van der Waals surface area (Å²) in [5, 5.41) is 23.4. The molecule has 2 rings (SSSR count). The number of carbonyl (C=O) groups excluding carboxylic acids is 1. The molecule has 12 heteroatoms. The predicted molar refractivity (Wildman–Crippen MR) is 101 cm³/mol.